The van der Waals surface area contributed by atoms with Crippen LogP contribution < -0.4 is 0 Å². The lowest BCUT2D eigenvalue weighted by molar-refractivity contribution is 0.151. The van der Waals surface area contributed by atoms with Gasteiger partial charge in [0, 0.05) is 11.8 Å². The van der Waals surface area contributed by atoms with Gasteiger partial charge in [-0.1, -0.05) is 35.5 Å². The minimum absolute atomic E-state index is 0.517. The van der Waals surface area contributed by atoms with Crippen molar-refractivity contribution >= 4 is 5.71 Å². The van der Waals surface area contributed by atoms with Gasteiger partial charge in [0.25, 0.3) is 0 Å². The normalized spacial score (nSPS) is 29.6. The van der Waals surface area contributed by atoms with Crippen LogP contribution in [0.15, 0.2) is 35.5 Å². The summed E-state index contributed by atoms with van der Waals surface area (Å²) in [6.07, 6.45) is 2.47. The number of benzene rings is 1. The summed E-state index contributed by atoms with van der Waals surface area (Å²) in [5, 5.41) is 4.17. The van der Waals surface area contributed by atoms with Crippen molar-refractivity contribution in [3.63, 3.8) is 0 Å². The molecule has 0 spiro atoms. The van der Waals surface area contributed by atoms with Crippen LogP contribution in [0.25, 0.3) is 0 Å². The lowest BCUT2D eigenvalue weighted by Crippen LogP contribution is -2.10. The van der Waals surface area contributed by atoms with Crippen LogP contribution in [0, 0.1) is 5.92 Å². The van der Waals surface area contributed by atoms with Crippen LogP contribution in [0.2, 0.25) is 0 Å². The van der Waals surface area contributed by atoms with E-state index in [-0.39, 0.29) is 0 Å². The number of hydrogen-bond donors (Lipinski definition) is 0. The monoisotopic (exact) mass is 187 g/mol. The van der Waals surface area contributed by atoms with Gasteiger partial charge < -0.3 is 4.84 Å². The molecule has 1 fully saturated rings. The number of nitrogens with zero attached hydrogens (tertiary/aromatic N) is 1. The smallest absolute Gasteiger partial charge is 0.125 e. The zero-order chi connectivity index (χ0) is 9.38. The molecule has 1 aliphatic carbocycles. The molecule has 0 amide bonds. The second kappa shape index (κ2) is 3.12. The Morgan fingerprint density at radius 1 is 1.14 bits per heavy atom. The summed E-state index contributed by atoms with van der Waals surface area (Å²) in [6, 6.07) is 10.6. The van der Waals surface area contributed by atoms with Crippen LogP contribution >= 0.6 is 0 Å². The van der Waals surface area contributed by atoms with Gasteiger partial charge in [0.05, 0.1) is 5.71 Å². The SMILES string of the molecule is c1ccc([C@@H]2CC[C@@H]3CON=C32)cc1. The highest BCUT2D eigenvalue weighted by atomic mass is 16.6. The van der Waals surface area contributed by atoms with Crippen molar-refractivity contribution in [2.24, 2.45) is 11.1 Å². The van der Waals surface area contributed by atoms with E-state index >= 15 is 0 Å². The first kappa shape index (κ1) is 8.04. The van der Waals surface area contributed by atoms with Crippen LogP contribution in [0.1, 0.15) is 24.3 Å². The van der Waals surface area contributed by atoms with Gasteiger partial charge in [-0.2, -0.15) is 0 Å². The molecule has 0 unspecified atom stereocenters. The molecule has 1 aromatic carbocycles. The molecule has 0 saturated heterocycles. The summed E-state index contributed by atoms with van der Waals surface area (Å²) in [5.74, 6) is 1.11. The molecule has 0 bridgehead atoms. The van der Waals surface area contributed by atoms with Crippen LogP contribution in [0.3, 0.4) is 0 Å². The maximum atomic E-state index is 5.15. The number of rotatable bonds is 1. The van der Waals surface area contributed by atoms with E-state index < -0.39 is 0 Å². The molecular formula is C12H13NO. The highest BCUT2D eigenvalue weighted by Crippen LogP contribution is 2.38. The molecule has 2 aliphatic rings. The molecule has 0 radical (unpaired) electrons. The van der Waals surface area contributed by atoms with Gasteiger partial charge in [-0.3, -0.25) is 0 Å². The van der Waals surface area contributed by atoms with Crippen LogP contribution in [-0.2, 0) is 4.84 Å². The van der Waals surface area contributed by atoms with Crippen molar-refractivity contribution in [1.82, 2.24) is 0 Å². The van der Waals surface area contributed by atoms with Gasteiger partial charge in [-0.05, 0) is 18.4 Å². The van der Waals surface area contributed by atoms with Crippen molar-refractivity contribution in [3.8, 4) is 0 Å². The van der Waals surface area contributed by atoms with E-state index in [1.165, 1.54) is 24.1 Å². The molecule has 72 valence electrons. The predicted octanol–water partition coefficient (Wildman–Crippen LogP) is 2.57. The first-order valence-corrected chi connectivity index (χ1v) is 5.20. The van der Waals surface area contributed by atoms with Crippen LogP contribution in [0.4, 0.5) is 0 Å². The van der Waals surface area contributed by atoms with Gasteiger partial charge in [-0.25, -0.2) is 0 Å². The molecule has 3 rings (SSSR count). The molecule has 2 heteroatoms. The fraction of sp³-hybridized carbons (Fsp3) is 0.417. The Balaban J connectivity index is 1.93. The Morgan fingerprint density at radius 2 is 2.00 bits per heavy atom. The number of hydrogen-bond acceptors (Lipinski definition) is 2. The molecule has 1 saturated carbocycles. The quantitative estimate of drug-likeness (QED) is 0.662. The van der Waals surface area contributed by atoms with Crippen molar-refractivity contribution in [3.05, 3.63) is 35.9 Å². The fourth-order valence-corrected chi connectivity index (χ4v) is 2.48. The topological polar surface area (TPSA) is 21.6 Å². The first-order chi connectivity index (χ1) is 6.95. The van der Waals surface area contributed by atoms with E-state index in [4.69, 9.17) is 4.84 Å². The number of oxime groups is 1. The highest BCUT2D eigenvalue weighted by Gasteiger charge is 2.36. The Kier molecular flexibility index (Phi) is 1.79. The van der Waals surface area contributed by atoms with Gasteiger partial charge >= 0.3 is 0 Å². The van der Waals surface area contributed by atoms with E-state index in [0.717, 1.165) is 6.61 Å². The Morgan fingerprint density at radius 3 is 2.86 bits per heavy atom. The lowest BCUT2D eigenvalue weighted by atomic mass is 9.95. The Hall–Kier alpha value is -1.31. The Bertz CT molecular complexity index is 358. The maximum absolute atomic E-state index is 5.15. The molecule has 1 aliphatic heterocycles. The molecule has 2 atom stereocenters. The van der Waals surface area contributed by atoms with Gasteiger partial charge in [0.15, 0.2) is 0 Å². The van der Waals surface area contributed by atoms with Crippen molar-refractivity contribution in [1.29, 1.82) is 0 Å². The van der Waals surface area contributed by atoms with E-state index in [9.17, 15) is 0 Å². The summed E-state index contributed by atoms with van der Waals surface area (Å²) in [4.78, 5) is 5.15. The van der Waals surface area contributed by atoms with E-state index in [2.05, 4.69) is 35.5 Å². The highest BCUT2D eigenvalue weighted by molar-refractivity contribution is 5.95. The van der Waals surface area contributed by atoms with Gasteiger partial charge in [0.2, 0.25) is 0 Å². The molecule has 14 heavy (non-hydrogen) atoms. The summed E-state index contributed by atoms with van der Waals surface area (Å²) < 4.78 is 0. The van der Waals surface area contributed by atoms with Crippen LogP contribution in [0.5, 0.6) is 0 Å². The summed E-state index contributed by atoms with van der Waals surface area (Å²) in [6.45, 7) is 0.804. The molecule has 0 aromatic heterocycles. The minimum atomic E-state index is 0.517. The summed E-state index contributed by atoms with van der Waals surface area (Å²) >= 11 is 0. The minimum Gasteiger partial charge on any atom is -0.395 e. The third-order valence-corrected chi connectivity index (χ3v) is 3.23. The van der Waals surface area contributed by atoms with Crippen molar-refractivity contribution < 1.29 is 4.84 Å². The summed E-state index contributed by atoms with van der Waals surface area (Å²) in [5.41, 5.74) is 2.66. The second-order valence-electron chi connectivity index (χ2n) is 4.05. The maximum Gasteiger partial charge on any atom is 0.125 e. The molecule has 2 nitrogen and oxygen atoms in total. The second-order valence-corrected chi connectivity index (χ2v) is 4.05. The fourth-order valence-electron chi connectivity index (χ4n) is 2.48. The first-order valence-electron chi connectivity index (χ1n) is 5.20. The average molecular weight is 187 g/mol. The van der Waals surface area contributed by atoms with Crippen molar-refractivity contribution in [2.75, 3.05) is 6.61 Å². The standard InChI is InChI=1S/C12H13NO/c1-2-4-9(5-3-1)11-7-6-10-8-14-13-12(10)11/h1-5,10-11H,6-8H2/t10-,11+/m1/s1. The zero-order valence-electron chi connectivity index (χ0n) is 8.02. The van der Waals surface area contributed by atoms with E-state index in [1.54, 1.807) is 0 Å². The van der Waals surface area contributed by atoms with Crippen molar-refractivity contribution in [2.45, 2.75) is 18.8 Å². The molecular weight excluding hydrogens is 174 g/mol. The number of fused-ring (bicyclic) bond motifs is 1. The van der Waals surface area contributed by atoms with Crippen LogP contribution in [-0.4, -0.2) is 12.3 Å². The molecule has 0 N–H and O–H groups in total. The molecule has 1 heterocycles. The zero-order valence-corrected chi connectivity index (χ0v) is 8.02. The third-order valence-electron chi connectivity index (χ3n) is 3.23. The lowest BCUT2D eigenvalue weighted by Gasteiger charge is -2.08. The predicted molar refractivity (Wildman–Crippen MR) is 55.3 cm³/mol. The Labute approximate surface area is 83.6 Å². The van der Waals surface area contributed by atoms with E-state index in [0.29, 0.717) is 11.8 Å². The largest absolute Gasteiger partial charge is 0.395 e. The third kappa shape index (κ3) is 1.14. The van der Waals surface area contributed by atoms with Gasteiger partial charge in [-0.15, -0.1) is 0 Å². The molecule has 1 aromatic rings. The summed E-state index contributed by atoms with van der Waals surface area (Å²) in [7, 11) is 0. The average Bonchev–Trinajstić information content (AvgIpc) is 2.79. The van der Waals surface area contributed by atoms with Gasteiger partial charge in [0.1, 0.15) is 6.61 Å². The van der Waals surface area contributed by atoms with E-state index in [1.807, 2.05) is 0 Å².